The number of aliphatic carboxylic acids is 4. The lowest BCUT2D eigenvalue weighted by atomic mass is 9.86. The Hall–Kier alpha value is -4.31. The molecule has 1 fully saturated rings. The van der Waals surface area contributed by atoms with Gasteiger partial charge in [0.25, 0.3) is 0 Å². The van der Waals surface area contributed by atoms with Crippen LogP contribution in [0.1, 0.15) is 25.7 Å². The molecule has 214 valence electrons. The molecule has 0 amide bonds. The fourth-order valence-corrected chi connectivity index (χ4v) is 4.81. The third-order valence-electron chi connectivity index (χ3n) is 5.53. The first kappa shape index (κ1) is 32.7. The summed E-state index contributed by atoms with van der Waals surface area (Å²) in [5, 5.41) is 32.3. The molecule has 0 atom stereocenters. The van der Waals surface area contributed by atoms with E-state index in [1.165, 1.54) is 7.05 Å². The van der Waals surface area contributed by atoms with Gasteiger partial charge in [0.1, 0.15) is 17.8 Å². The number of fused-ring (bicyclic) bond motifs is 1. The first-order valence-corrected chi connectivity index (χ1v) is 13.1. The van der Waals surface area contributed by atoms with Crippen LogP contribution in [0.5, 0.6) is 0 Å². The molecule has 39 heavy (non-hydrogen) atoms. The number of rotatable bonds is 9. The lowest BCUT2D eigenvalue weighted by Crippen LogP contribution is -2.37. The van der Waals surface area contributed by atoms with Gasteiger partial charge in [-0.15, -0.1) is 0 Å². The normalized spacial score (nSPS) is 17.1. The van der Waals surface area contributed by atoms with Crippen LogP contribution in [0.3, 0.4) is 0 Å². The van der Waals surface area contributed by atoms with Crippen molar-refractivity contribution in [1.29, 1.82) is 0 Å². The Morgan fingerprint density at radius 1 is 0.949 bits per heavy atom. The maximum atomic E-state index is 11.7. The number of aromatic amines is 1. The van der Waals surface area contributed by atoms with Gasteiger partial charge in [-0.1, -0.05) is 0 Å². The van der Waals surface area contributed by atoms with Crippen molar-refractivity contribution in [2.24, 2.45) is 5.92 Å². The number of hydrogen-bond donors (Lipinski definition) is 6. The average Bonchev–Trinajstić information content (AvgIpc) is 3.36. The SMILES string of the molecule is CNS(=O)(=O)C[C@H]1CC[C@H](N(C)c2ncnc3[nH]ccc23)CC1.O=C(O)/C=C\C(=O)O.O=C(O)/C=C\C(=O)O. The Kier molecular flexibility index (Phi) is 13.3. The Morgan fingerprint density at radius 2 is 1.44 bits per heavy atom. The molecule has 0 aromatic carbocycles. The van der Waals surface area contributed by atoms with Gasteiger partial charge in [-0.25, -0.2) is 42.3 Å². The maximum absolute atomic E-state index is 11.7. The van der Waals surface area contributed by atoms with Crippen molar-refractivity contribution in [1.82, 2.24) is 19.7 Å². The number of carboxylic acids is 4. The first-order chi connectivity index (χ1) is 18.3. The van der Waals surface area contributed by atoms with E-state index in [9.17, 15) is 27.6 Å². The molecular weight excluding hydrogens is 538 g/mol. The number of nitrogens with one attached hydrogen (secondary N) is 2. The second-order valence-corrected chi connectivity index (χ2v) is 10.2. The monoisotopic (exact) mass is 569 g/mol. The van der Waals surface area contributed by atoms with E-state index in [1.807, 2.05) is 12.3 Å². The number of carboxylic acid groups (broad SMARTS) is 4. The highest BCUT2D eigenvalue weighted by molar-refractivity contribution is 7.89. The van der Waals surface area contributed by atoms with Gasteiger partial charge >= 0.3 is 23.9 Å². The van der Waals surface area contributed by atoms with E-state index in [0.29, 0.717) is 30.3 Å². The largest absolute Gasteiger partial charge is 0.478 e. The van der Waals surface area contributed by atoms with Crippen LogP contribution in [0.4, 0.5) is 5.82 Å². The van der Waals surface area contributed by atoms with E-state index in [1.54, 1.807) is 6.33 Å². The van der Waals surface area contributed by atoms with E-state index in [-0.39, 0.29) is 11.7 Å². The quantitative estimate of drug-likeness (QED) is 0.231. The van der Waals surface area contributed by atoms with E-state index < -0.39 is 33.9 Å². The summed E-state index contributed by atoms with van der Waals surface area (Å²) in [5.41, 5.74) is 0.843. The van der Waals surface area contributed by atoms with Gasteiger partial charge in [0.15, 0.2) is 0 Å². The van der Waals surface area contributed by atoms with E-state index in [2.05, 4.69) is 31.6 Å². The molecule has 0 radical (unpaired) electrons. The fraction of sp³-hybridized carbons (Fsp3) is 0.391. The third kappa shape index (κ3) is 12.7. The summed E-state index contributed by atoms with van der Waals surface area (Å²) < 4.78 is 25.8. The van der Waals surface area contributed by atoms with Crippen molar-refractivity contribution < 1.29 is 48.0 Å². The topological polar surface area (TPSA) is 240 Å². The minimum Gasteiger partial charge on any atom is -0.478 e. The molecule has 2 aromatic rings. The number of hydrogen-bond acceptors (Lipinski definition) is 9. The minimum absolute atomic E-state index is 0.232. The highest BCUT2D eigenvalue weighted by atomic mass is 32.2. The van der Waals surface area contributed by atoms with Gasteiger partial charge in [-0.3, -0.25) is 0 Å². The zero-order valence-electron chi connectivity index (χ0n) is 21.2. The van der Waals surface area contributed by atoms with E-state index in [0.717, 1.165) is 42.5 Å². The van der Waals surface area contributed by atoms with Gasteiger partial charge in [-0.2, -0.15) is 0 Å². The van der Waals surface area contributed by atoms with Crippen molar-refractivity contribution in [3.8, 4) is 0 Å². The van der Waals surface area contributed by atoms with Crippen molar-refractivity contribution >= 4 is 50.8 Å². The molecule has 2 heterocycles. The molecule has 1 saturated carbocycles. The van der Waals surface area contributed by atoms with Crippen LogP contribution in [-0.4, -0.2) is 93.6 Å². The predicted molar refractivity (Wildman–Crippen MR) is 140 cm³/mol. The molecule has 0 aliphatic heterocycles. The summed E-state index contributed by atoms with van der Waals surface area (Å²) >= 11 is 0. The second kappa shape index (κ2) is 15.8. The maximum Gasteiger partial charge on any atom is 0.328 e. The summed E-state index contributed by atoms with van der Waals surface area (Å²) in [7, 11) is 0.419. The summed E-state index contributed by atoms with van der Waals surface area (Å²) in [5.74, 6) is -3.62. The summed E-state index contributed by atoms with van der Waals surface area (Å²) in [4.78, 5) is 52.2. The van der Waals surface area contributed by atoms with Crippen LogP contribution >= 0.6 is 0 Å². The number of sulfonamides is 1. The van der Waals surface area contributed by atoms with Crippen LogP contribution in [-0.2, 0) is 29.2 Å². The summed E-state index contributed by atoms with van der Waals surface area (Å²) in [6.45, 7) is 0. The van der Waals surface area contributed by atoms with Crippen LogP contribution in [0, 0.1) is 5.92 Å². The van der Waals surface area contributed by atoms with Crippen LogP contribution in [0.15, 0.2) is 42.9 Å². The summed E-state index contributed by atoms with van der Waals surface area (Å²) in [6, 6.07) is 2.38. The Morgan fingerprint density at radius 3 is 1.87 bits per heavy atom. The van der Waals surface area contributed by atoms with Gasteiger partial charge < -0.3 is 30.3 Å². The fourth-order valence-electron chi connectivity index (χ4n) is 3.69. The Labute approximate surface area is 223 Å². The first-order valence-electron chi connectivity index (χ1n) is 11.5. The van der Waals surface area contributed by atoms with Gasteiger partial charge in [0.05, 0.1) is 11.1 Å². The molecule has 6 N–H and O–H groups in total. The van der Waals surface area contributed by atoms with Crippen molar-refractivity contribution in [3.05, 3.63) is 42.9 Å². The zero-order valence-corrected chi connectivity index (χ0v) is 22.0. The van der Waals surface area contributed by atoms with Crippen molar-refractivity contribution in [2.75, 3.05) is 24.7 Å². The van der Waals surface area contributed by atoms with Crippen LogP contribution in [0.2, 0.25) is 0 Å². The molecule has 0 unspecified atom stereocenters. The highest BCUT2D eigenvalue weighted by Crippen LogP contribution is 2.31. The molecule has 15 nitrogen and oxygen atoms in total. The van der Waals surface area contributed by atoms with E-state index in [4.69, 9.17) is 20.4 Å². The minimum atomic E-state index is -3.12. The Balaban J connectivity index is 0.000000393. The number of anilines is 1. The smallest absolute Gasteiger partial charge is 0.328 e. The molecule has 1 aliphatic carbocycles. The molecule has 16 heteroatoms. The van der Waals surface area contributed by atoms with Crippen LogP contribution in [0.25, 0.3) is 11.0 Å². The Bertz CT molecular complexity index is 1230. The predicted octanol–water partition coefficient (Wildman–Crippen LogP) is 0.926. The second-order valence-electron chi connectivity index (χ2n) is 8.23. The molecular formula is C23H31N5O10S. The molecule has 2 aromatic heterocycles. The standard InChI is InChI=1S/C15H23N5O2S.2C4H4O4/c1-16-23(21,22)9-11-3-5-12(6-4-11)20(2)15-13-7-8-17-14(13)18-10-19-15;2*5-3(6)1-2-4(7)8/h7-8,10-12,16H,3-6,9H2,1-2H3,(H,17,18,19);2*1-2H,(H,5,6)(H,7,8)/b;2*2-1-/t11-,12-;;. The summed E-state index contributed by atoms with van der Waals surface area (Å²) in [6.07, 6.45) is 9.50. The average molecular weight is 570 g/mol. The molecule has 0 spiro atoms. The van der Waals surface area contributed by atoms with Gasteiger partial charge in [0.2, 0.25) is 10.0 Å². The van der Waals surface area contributed by atoms with Crippen molar-refractivity contribution in [3.63, 3.8) is 0 Å². The third-order valence-corrected chi connectivity index (χ3v) is 7.07. The van der Waals surface area contributed by atoms with Crippen molar-refractivity contribution in [2.45, 2.75) is 31.7 Å². The lowest BCUT2D eigenvalue weighted by Gasteiger charge is -2.35. The molecule has 0 saturated heterocycles. The highest BCUT2D eigenvalue weighted by Gasteiger charge is 2.28. The van der Waals surface area contributed by atoms with Gasteiger partial charge in [0, 0.05) is 43.6 Å². The number of nitrogens with zero attached hydrogens (tertiary/aromatic N) is 3. The molecule has 3 rings (SSSR count). The number of carbonyl (C=O) groups is 4. The molecule has 1 aliphatic rings. The van der Waals surface area contributed by atoms with Crippen LogP contribution < -0.4 is 9.62 Å². The number of aromatic nitrogens is 3. The van der Waals surface area contributed by atoms with Gasteiger partial charge in [-0.05, 0) is 44.7 Å². The zero-order chi connectivity index (χ0) is 29.6. The molecule has 0 bridgehead atoms. The van der Waals surface area contributed by atoms with E-state index >= 15 is 0 Å². The lowest BCUT2D eigenvalue weighted by molar-refractivity contribution is -0.134. The number of H-pyrrole nitrogens is 1.